The molecule has 1 aliphatic heterocycles. The van der Waals surface area contributed by atoms with Crippen LogP contribution in [0, 0.1) is 11.8 Å². The number of imidazole rings is 1. The molecule has 0 bridgehead atoms. The van der Waals surface area contributed by atoms with E-state index in [9.17, 15) is 9.59 Å². The van der Waals surface area contributed by atoms with Gasteiger partial charge in [-0.05, 0) is 12.1 Å². The first-order valence-electron chi connectivity index (χ1n) is 9.62. The van der Waals surface area contributed by atoms with E-state index < -0.39 is 6.03 Å². The van der Waals surface area contributed by atoms with Gasteiger partial charge in [-0.15, -0.1) is 0 Å². The molecule has 3 N–H and O–H groups in total. The van der Waals surface area contributed by atoms with Gasteiger partial charge in [-0.2, -0.15) is 0 Å². The first-order chi connectivity index (χ1) is 14.2. The van der Waals surface area contributed by atoms with Crippen molar-refractivity contribution in [2.45, 2.75) is 20.3 Å². The van der Waals surface area contributed by atoms with Crippen molar-refractivity contribution in [3.8, 4) is 11.8 Å². The summed E-state index contributed by atoms with van der Waals surface area (Å²) in [6.45, 7) is 6.62. The number of rotatable bonds is 7. The van der Waals surface area contributed by atoms with Gasteiger partial charge in [-0.1, -0.05) is 25.7 Å². The maximum absolute atomic E-state index is 12.0. The molecule has 0 spiro atoms. The molecule has 0 radical (unpaired) electrons. The molecule has 9 heteroatoms. The Bertz CT molecular complexity index is 884. The van der Waals surface area contributed by atoms with E-state index in [1.165, 1.54) is 4.90 Å². The molecule has 1 saturated heterocycles. The number of nitrogens with one attached hydrogen (secondary N) is 1. The predicted molar refractivity (Wildman–Crippen MR) is 110 cm³/mol. The average Bonchev–Trinajstić information content (AvgIpc) is 3.14. The number of ether oxygens (including phenoxy) is 2. The van der Waals surface area contributed by atoms with Crippen LogP contribution in [0.15, 0.2) is 24.5 Å². The van der Waals surface area contributed by atoms with E-state index in [0.717, 1.165) is 5.56 Å². The van der Waals surface area contributed by atoms with Crippen LogP contribution < -0.4 is 16.0 Å². The predicted octanol–water partition coefficient (Wildman–Crippen LogP) is 1.15. The van der Waals surface area contributed by atoms with Crippen molar-refractivity contribution < 1.29 is 19.1 Å². The van der Waals surface area contributed by atoms with E-state index >= 15 is 0 Å². The zero-order valence-electron chi connectivity index (χ0n) is 16.8. The minimum atomic E-state index is -0.440. The lowest BCUT2D eigenvalue weighted by Gasteiger charge is -2.25. The topological polar surface area (TPSA) is 111 Å². The van der Waals surface area contributed by atoms with Crippen molar-refractivity contribution in [3.63, 3.8) is 0 Å². The number of imide groups is 1. The number of hydrogen-bond donors (Lipinski definition) is 2. The van der Waals surface area contributed by atoms with Crippen molar-refractivity contribution in [2.24, 2.45) is 5.73 Å². The van der Waals surface area contributed by atoms with Gasteiger partial charge < -0.3 is 15.2 Å². The summed E-state index contributed by atoms with van der Waals surface area (Å²) in [6, 6.07) is 3.22. The molecule has 156 valence electrons. The van der Waals surface area contributed by atoms with Crippen LogP contribution in [0.1, 0.15) is 25.8 Å². The summed E-state index contributed by atoms with van der Waals surface area (Å²) >= 11 is 0. The van der Waals surface area contributed by atoms with Gasteiger partial charge >= 0.3 is 6.03 Å². The van der Waals surface area contributed by atoms with E-state index in [1.807, 2.05) is 26.0 Å². The second-order valence-corrected chi connectivity index (χ2v) is 5.77. The van der Waals surface area contributed by atoms with E-state index in [-0.39, 0.29) is 12.3 Å². The third kappa shape index (κ3) is 6.29. The number of carbonyl (C=O) groups excluding carboxylic acids is 2. The van der Waals surface area contributed by atoms with E-state index in [1.54, 1.807) is 16.8 Å². The number of hydrogen-bond acceptors (Lipinski definition) is 6. The van der Waals surface area contributed by atoms with Gasteiger partial charge in [0.1, 0.15) is 18.1 Å². The molecule has 0 atom stereocenters. The van der Waals surface area contributed by atoms with Crippen LogP contribution >= 0.6 is 0 Å². The second-order valence-electron chi connectivity index (χ2n) is 5.77. The summed E-state index contributed by atoms with van der Waals surface area (Å²) in [5, 5.41) is 2.31. The Hall–Kier alpha value is -2.93. The summed E-state index contributed by atoms with van der Waals surface area (Å²) in [7, 11) is 0. The van der Waals surface area contributed by atoms with Crippen LogP contribution in [-0.2, 0) is 14.3 Å². The first kappa shape index (κ1) is 22.4. The number of fused-ring (bicyclic) bond motifs is 1. The average molecular weight is 401 g/mol. The fourth-order valence-corrected chi connectivity index (χ4v) is 2.59. The molecule has 0 unspecified atom stereocenters. The highest BCUT2D eigenvalue weighted by atomic mass is 16.5. The zero-order chi connectivity index (χ0) is 21.1. The fraction of sp³-hybridized carbons (Fsp3) is 0.450. The van der Waals surface area contributed by atoms with Gasteiger partial charge in [0.25, 0.3) is 0 Å². The Morgan fingerprint density at radius 2 is 2.03 bits per heavy atom. The highest BCUT2D eigenvalue weighted by molar-refractivity contribution is 6.05. The normalized spacial score (nSPS) is 13.4. The molecule has 9 nitrogen and oxygen atoms in total. The lowest BCUT2D eigenvalue weighted by molar-refractivity contribution is -0.120. The lowest BCUT2D eigenvalue weighted by atomic mass is 10.2. The highest BCUT2D eigenvalue weighted by Gasteiger charge is 2.26. The maximum Gasteiger partial charge on any atom is 0.329 e. The number of aromatic nitrogens is 2. The Morgan fingerprint density at radius 1 is 1.24 bits per heavy atom. The Labute approximate surface area is 170 Å². The lowest BCUT2D eigenvalue weighted by Crippen LogP contribution is -2.50. The van der Waals surface area contributed by atoms with Crippen LogP contribution in [0.4, 0.5) is 10.6 Å². The van der Waals surface area contributed by atoms with Gasteiger partial charge in [0.15, 0.2) is 0 Å². The van der Waals surface area contributed by atoms with Crippen molar-refractivity contribution >= 4 is 23.4 Å². The quantitative estimate of drug-likeness (QED) is 0.532. The number of amides is 3. The standard InChI is InChI=1S/C18H21N5O4.C2H6/c19-5-9-27-11-10-26-8-1-2-14-3-6-22-15(12-14)20-13-17(22)23-7-4-16(24)21-18(23)25;1-2/h3,6,12-13H,4-5,7-11,19H2,(H,21,24,25);1-2H3. The molecule has 0 aromatic carbocycles. The number of nitrogens with two attached hydrogens (primary N) is 1. The van der Waals surface area contributed by atoms with Gasteiger partial charge in [-0.3, -0.25) is 19.4 Å². The van der Waals surface area contributed by atoms with Crippen LogP contribution in [0.2, 0.25) is 0 Å². The van der Waals surface area contributed by atoms with Crippen molar-refractivity contribution in [2.75, 3.05) is 44.4 Å². The SMILES string of the molecule is CC.NCCOCCOCC#Cc1ccn2c(N3CCC(=O)NC3=O)cnc2c1. The molecule has 1 fully saturated rings. The molecule has 2 aromatic rings. The van der Waals surface area contributed by atoms with Crippen LogP contribution in [-0.4, -0.2) is 60.8 Å². The summed E-state index contributed by atoms with van der Waals surface area (Å²) in [6.07, 6.45) is 3.67. The van der Waals surface area contributed by atoms with Gasteiger partial charge in [0.2, 0.25) is 5.91 Å². The van der Waals surface area contributed by atoms with Crippen molar-refractivity contribution in [3.05, 3.63) is 30.1 Å². The molecule has 3 amide bonds. The largest absolute Gasteiger partial charge is 0.378 e. The minimum Gasteiger partial charge on any atom is -0.378 e. The van der Waals surface area contributed by atoms with Gasteiger partial charge in [0.05, 0.1) is 26.0 Å². The van der Waals surface area contributed by atoms with E-state index in [2.05, 4.69) is 22.1 Å². The molecule has 0 saturated carbocycles. The number of nitrogens with zero attached hydrogens (tertiary/aromatic N) is 3. The zero-order valence-corrected chi connectivity index (χ0v) is 16.8. The Morgan fingerprint density at radius 3 is 2.79 bits per heavy atom. The minimum absolute atomic E-state index is 0.264. The summed E-state index contributed by atoms with van der Waals surface area (Å²) < 4.78 is 12.3. The first-order valence-corrected chi connectivity index (χ1v) is 9.62. The number of anilines is 1. The molecule has 2 aromatic heterocycles. The van der Waals surface area contributed by atoms with Gasteiger partial charge in [0, 0.05) is 31.3 Å². The summed E-state index contributed by atoms with van der Waals surface area (Å²) in [5.74, 6) is 6.29. The third-order valence-electron chi connectivity index (χ3n) is 3.87. The molecule has 3 rings (SSSR count). The monoisotopic (exact) mass is 401 g/mol. The van der Waals surface area contributed by atoms with Crippen LogP contribution in [0.5, 0.6) is 0 Å². The molecule has 3 heterocycles. The third-order valence-corrected chi connectivity index (χ3v) is 3.87. The molecule has 29 heavy (non-hydrogen) atoms. The second kappa shape index (κ2) is 11.8. The molecular formula is C20H27N5O4. The summed E-state index contributed by atoms with van der Waals surface area (Å²) in [5.41, 5.74) is 6.78. The van der Waals surface area contributed by atoms with E-state index in [0.29, 0.717) is 51.0 Å². The van der Waals surface area contributed by atoms with Crippen molar-refractivity contribution in [1.82, 2.24) is 14.7 Å². The molecule has 1 aliphatic rings. The highest BCUT2D eigenvalue weighted by Crippen LogP contribution is 2.19. The number of pyridine rings is 1. The molecular weight excluding hydrogens is 374 g/mol. The van der Waals surface area contributed by atoms with Gasteiger partial charge in [-0.25, -0.2) is 9.78 Å². The number of carbonyl (C=O) groups is 2. The van der Waals surface area contributed by atoms with E-state index in [4.69, 9.17) is 15.2 Å². The van der Waals surface area contributed by atoms with Crippen molar-refractivity contribution in [1.29, 1.82) is 0 Å². The summed E-state index contributed by atoms with van der Waals surface area (Å²) in [4.78, 5) is 29.1. The maximum atomic E-state index is 12.0. The number of urea groups is 1. The Kier molecular flexibility index (Phi) is 9.11. The van der Waals surface area contributed by atoms with Crippen LogP contribution in [0.3, 0.4) is 0 Å². The smallest absolute Gasteiger partial charge is 0.329 e. The van der Waals surface area contributed by atoms with Crippen LogP contribution in [0.25, 0.3) is 5.65 Å². The fourth-order valence-electron chi connectivity index (χ4n) is 2.59. The Balaban J connectivity index is 0.00000145. The molecule has 0 aliphatic carbocycles.